The summed E-state index contributed by atoms with van der Waals surface area (Å²) in [5, 5.41) is 121. The van der Waals surface area contributed by atoms with Crippen molar-refractivity contribution in [3.63, 3.8) is 0 Å². The SMILES string of the molecule is CCCCCCCCCC/C=C\CCCCCCCCCCCCCCCCCCCCCCCCCCCCCC(=O)NC(COC1OC(CO)C(OC2OC(CO)C(OC3OC(CO)C(O)C(O)C3O)C(O)C2O)C(O)C1O)C(O)/C=C/CC/C=C/CC/C=C/CCCCCCCCCCCCCC. The molecule has 0 saturated carbocycles. The number of hydrogen-bond acceptors (Lipinski definition) is 18. The molecule has 0 aromatic rings. The zero-order valence-electron chi connectivity index (χ0n) is 66.9. The summed E-state index contributed by atoms with van der Waals surface area (Å²) in [6.45, 7) is 1.76. The molecular weight excluding hydrogens is 1350 g/mol. The first-order valence-corrected chi connectivity index (χ1v) is 43.9. The Kier molecular flexibility index (Phi) is 62.2. The monoisotopic (exact) mass is 1510 g/mol. The van der Waals surface area contributed by atoms with Crippen molar-refractivity contribution in [3.8, 4) is 0 Å². The van der Waals surface area contributed by atoms with Crippen molar-refractivity contribution in [3.05, 3.63) is 48.6 Å². The smallest absolute Gasteiger partial charge is 0.220 e. The highest BCUT2D eigenvalue weighted by atomic mass is 16.8. The Hall–Kier alpha value is -2.25. The molecule has 17 unspecified atom stereocenters. The molecule has 0 radical (unpaired) electrons. The summed E-state index contributed by atoms with van der Waals surface area (Å²) < 4.78 is 34.5. The standard InChI is InChI=1S/C87H161NO18/c1-3-5-7-9-11-13-15-17-19-21-23-25-27-28-29-30-31-32-33-34-35-36-37-38-39-40-41-42-43-45-47-49-51-53-55-57-59-61-63-65-75(93)88-70(71(92)64-62-60-58-56-54-52-50-48-46-44-26-24-22-20-18-16-14-12-10-8-6-4-2)69-101-85-81(99)78(96)83(73(67-90)103-85)106-87-82(100)79(97)84(74(68-91)104-87)105-86-80(98)77(95)76(94)72(66-89)102-86/h21,23,46,48,54,56,62,64,70-74,76-87,89-92,94-100H,3-20,22,24-45,47,49-53,55,57-61,63,65-69H2,1-2H3,(H,88,93)/b23-21-,48-46+,56-54+,64-62+. The lowest BCUT2D eigenvalue weighted by molar-refractivity contribution is -0.379. The van der Waals surface area contributed by atoms with Crippen LogP contribution in [0.1, 0.15) is 367 Å². The predicted octanol–water partition coefficient (Wildman–Crippen LogP) is 16.0. The van der Waals surface area contributed by atoms with Crippen LogP contribution in [-0.4, -0.2) is 193 Å². The highest BCUT2D eigenvalue weighted by Gasteiger charge is 2.54. The quantitative estimate of drug-likeness (QED) is 0.0199. The summed E-state index contributed by atoms with van der Waals surface area (Å²) in [7, 11) is 0. The van der Waals surface area contributed by atoms with E-state index in [1.807, 2.05) is 6.08 Å². The molecule has 3 aliphatic heterocycles. The number of carbonyl (C=O) groups excluding carboxylic acids is 1. The van der Waals surface area contributed by atoms with Gasteiger partial charge in [-0.05, 0) is 70.6 Å². The number of rotatable bonds is 71. The van der Waals surface area contributed by atoms with E-state index in [4.69, 9.17) is 28.4 Å². The number of aliphatic hydroxyl groups excluding tert-OH is 11. The number of unbranched alkanes of at least 4 members (excludes halogenated alkanes) is 49. The molecule has 1 amide bonds. The van der Waals surface area contributed by atoms with Gasteiger partial charge in [0, 0.05) is 6.42 Å². The molecule has 19 nitrogen and oxygen atoms in total. The third-order valence-electron chi connectivity index (χ3n) is 21.8. The molecule has 622 valence electrons. The van der Waals surface area contributed by atoms with Gasteiger partial charge < -0.3 is 89.9 Å². The molecule has 0 aromatic carbocycles. The van der Waals surface area contributed by atoms with E-state index in [0.717, 1.165) is 44.9 Å². The van der Waals surface area contributed by atoms with Crippen LogP contribution in [0.3, 0.4) is 0 Å². The molecule has 12 N–H and O–H groups in total. The zero-order chi connectivity index (χ0) is 76.7. The number of allylic oxidation sites excluding steroid dienone is 7. The van der Waals surface area contributed by atoms with Gasteiger partial charge in [0.25, 0.3) is 0 Å². The van der Waals surface area contributed by atoms with Crippen LogP contribution in [0.4, 0.5) is 0 Å². The van der Waals surface area contributed by atoms with Crippen molar-refractivity contribution in [2.24, 2.45) is 0 Å². The van der Waals surface area contributed by atoms with Crippen LogP contribution in [-0.2, 0) is 33.2 Å². The van der Waals surface area contributed by atoms with Gasteiger partial charge in [-0.1, -0.05) is 339 Å². The van der Waals surface area contributed by atoms with Crippen LogP contribution in [0.15, 0.2) is 48.6 Å². The Morgan fingerprint density at radius 2 is 0.604 bits per heavy atom. The Morgan fingerprint density at radius 3 is 0.943 bits per heavy atom. The van der Waals surface area contributed by atoms with E-state index in [0.29, 0.717) is 12.8 Å². The molecule has 3 heterocycles. The van der Waals surface area contributed by atoms with E-state index in [2.05, 4.69) is 55.6 Å². The largest absolute Gasteiger partial charge is 0.394 e. The van der Waals surface area contributed by atoms with Gasteiger partial charge in [0.15, 0.2) is 18.9 Å². The molecule has 3 fully saturated rings. The van der Waals surface area contributed by atoms with Gasteiger partial charge >= 0.3 is 0 Å². The van der Waals surface area contributed by atoms with E-state index >= 15 is 0 Å². The van der Waals surface area contributed by atoms with E-state index in [9.17, 15) is 61.0 Å². The fourth-order valence-corrected chi connectivity index (χ4v) is 14.8. The van der Waals surface area contributed by atoms with Crippen LogP contribution < -0.4 is 5.32 Å². The first-order valence-electron chi connectivity index (χ1n) is 43.9. The van der Waals surface area contributed by atoms with Gasteiger partial charge in [-0.15, -0.1) is 0 Å². The Balaban J connectivity index is 1.31. The van der Waals surface area contributed by atoms with Gasteiger partial charge in [-0.25, -0.2) is 0 Å². The summed E-state index contributed by atoms with van der Waals surface area (Å²) in [5.74, 6) is -0.283. The average molecular weight is 1510 g/mol. The lowest BCUT2D eigenvalue weighted by Crippen LogP contribution is -2.66. The van der Waals surface area contributed by atoms with E-state index < -0.39 is 124 Å². The molecule has 0 spiro atoms. The van der Waals surface area contributed by atoms with Gasteiger partial charge in [0.05, 0.1) is 38.6 Å². The fourth-order valence-electron chi connectivity index (χ4n) is 14.8. The zero-order valence-corrected chi connectivity index (χ0v) is 66.9. The second kappa shape index (κ2) is 67.3. The summed E-state index contributed by atoms with van der Waals surface area (Å²) in [5.41, 5.74) is 0. The highest BCUT2D eigenvalue weighted by Crippen LogP contribution is 2.33. The summed E-state index contributed by atoms with van der Waals surface area (Å²) in [6.07, 6.45) is 59.9. The van der Waals surface area contributed by atoms with Crippen molar-refractivity contribution in [2.75, 3.05) is 26.4 Å². The van der Waals surface area contributed by atoms with Crippen molar-refractivity contribution in [1.82, 2.24) is 5.32 Å². The first-order chi connectivity index (χ1) is 51.8. The van der Waals surface area contributed by atoms with E-state index in [1.165, 1.54) is 289 Å². The molecular formula is C87H161NO18. The van der Waals surface area contributed by atoms with Gasteiger partial charge in [-0.3, -0.25) is 4.79 Å². The molecule has 17 atom stereocenters. The summed E-state index contributed by atoms with van der Waals surface area (Å²) >= 11 is 0. The number of carbonyl (C=O) groups is 1. The van der Waals surface area contributed by atoms with Crippen LogP contribution >= 0.6 is 0 Å². The van der Waals surface area contributed by atoms with Crippen molar-refractivity contribution in [2.45, 2.75) is 471 Å². The second-order valence-corrected chi connectivity index (χ2v) is 31.3. The molecule has 0 aromatic heterocycles. The molecule has 19 heteroatoms. The van der Waals surface area contributed by atoms with Crippen molar-refractivity contribution in [1.29, 1.82) is 0 Å². The fraction of sp³-hybridized carbons (Fsp3) is 0.897. The lowest BCUT2D eigenvalue weighted by atomic mass is 9.96. The lowest BCUT2D eigenvalue weighted by Gasteiger charge is -2.48. The number of nitrogens with one attached hydrogen (secondary N) is 1. The molecule has 3 aliphatic rings. The number of aliphatic hydroxyl groups is 11. The van der Waals surface area contributed by atoms with Gasteiger partial charge in [0.1, 0.15) is 73.2 Å². The van der Waals surface area contributed by atoms with E-state index in [1.54, 1.807) is 6.08 Å². The maximum Gasteiger partial charge on any atom is 0.220 e. The first kappa shape index (κ1) is 97.9. The third kappa shape index (κ3) is 46.1. The molecule has 0 aliphatic carbocycles. The molecule has 3 saturated heterocycles. The number of hydrogen-bond donors (Lipinski definition) is 12. The van der Waals surface area contributed by atoms with Gasteiger partial charge in [-0.2, -0.15) is 0 Å². The Labute approximate surface area is 643 Å². The minimum absolute atomic E-state index is 0.235. The summed E-state index contributed by atoms with van der Waals surface area (Å²) in [6, 6.07) is -0.997. The molecule has 106 heavy (non-hydrogen) atoms. The van der Waals surface area contributed by atoms with E-state index in [-0.39, 0.29) is 18.9 Å². The third-order valence-corrected chi connectivity index (χ3v) is 21.8. The van der Waals surface area contributed by atoms with Crippen LogP contribution in [0.5, 0.6) is 0 Å². The molecule has 3 rings (SSSR count). The summed E-state index contributed by atoms with van der Waals surface area (Å²) in [4.78, 5) is 13.5. The normalized spacial score (nSPS) is 25.8. The Morgan fingerprint density at radius 1 is 0.330 bits per heavy atom. The topological polar surface area (TPSA) is 307 Å². The number of amides is 1. The van der Waals surface area contributed by atoms with Crippen LogP contribution in [0.2, 0.25) is 0 Å². The molecule has 0 bridgehead atoms. The number of ether oxygens (including phenoxy) is 6. The van der Waals surface area contributed by atoms with Crippen LogP contribution in [0.25, 0.3) is 0 Å². The predicted molar refractivity (Wildman–Crippen MR) is 425 cm³/mol. The second-order valence-electron chi connectivity index (χ2n) is 31.3. The minimum Gasteiger partial charge on any atom is -0.394 e. The Bertz CT molecular complexity index is 2100. The minimum atomic E-state index is -1.98. The van der Waals surface area contributed by atoms with Gasteiger partial charge in [0.2, 0.25) is 5.91 Å². The van der Waals surface area contributed by atoms with Crippen molar-refractivity contribution < 1.29 is 89.4 Å². The maximum atomic E-state index is 13.5. The van der Waals surface area contributed by atoms with Crippen LogP contribution in [0, 0.1) is 0 Å². The maximum absolute atomic E-state index is 13.5. The van der Waals surface area contributed by atoms with Crippen molar-refractivity contribution >= 4 is 5.91 Å². The average Bonchev–Trinajstić information content (AvgIpc) is 0.780. The highest BCUT2D eigenvalue weighted by molar-refractivity contribution is 5.76.